The molecule has 1 aromatic rings. The molecule has 0 saturated heterocycles. The van der Waals surface area contributed by atoms with Crippen LogP contribution in [0.2, 0.25) is 0 Å². The van der Waals surface area contributed by atoms with E-state index in [1.807, 2.05) is 11.3 Å². The van der Waals surface area contributed by atoms with E-state index in [4.69, 9.17) is 0 Å². The maximum atomic E-state index is 4.69. The summed E-state index contributed by atoms with van der Waals surface area (Å²) in [4.78, 5) is 4.69. The second-order valence-electron chi connectivity index (χ2n) is 6.54. The molecule has 0 saturated carbocycles. The van der Waals surface area contributed by atoms with Gasteiger partial charge in [-0.25, -0.2) is 4.98 Å². The number of aryl methyl sites for hydroxylation is 1. The first kappa shape index (κ1) is 17.6. The van der Waals surface area contributed by atoms with Gasteiger partial charge in [0, 0.05) is 24.0 Å². The zero-order chi connectivity index (χ0) is 15.0. The van der Waals surface area contributed by atoms with Gasteiger partial charge in [0.15, 0.2) is 0 Å². The van der Waals surface area contributed by atoms with E-state index in [1.54, 1.807) is 0 Å². The minimum Gasteiger partial charge on any atom is -0.316 e. The first-order valence-corrected chi connectivity index (χ1v) is 9.01. The van der Waals surface area contributed by atoms with Crippen LogP contribution in [0.15, 0.2) is 5.38 Å². The van der Waals surface area contributed by atoms with Gasteiger partial charge < -0.3 is 5.32 Å². The van der Waals surface area contributed by atoms with E-state index >= 15 is 0 Å². The van der Waals surface area contributed by atoms with Crippen LogP contribution >= 0.6 is 11.3 Å². The molecular weight excluding hydrogens is 264 g/mol. The largest absolute Gasteiger partial charge is 0.316 e. The van der Waals surface area contributed by atoms with Gasteiger partial charge >= 0.3 is 0 Å². The molecule has 0 radical (unpaired) electrons. The van der Waals surface area contributed by atoms with Crippen molar-refractivity contribution in [2.45, 2.75) is 66.7 Å². The lowest BCUT2D eigenvalue weighted by Crippen LogP contribution is -2.37. The van der Waals surface area contributed by atoms with E-state index in [-0.39, 0.29) is 0 Å². The number of aromatic nitrogens is 1. The molecule has 116 valence electrons. The van der Waals surface area contributed by atoms with Gasteiger partial charge in [0.1, 0.15) is 0 Å². The van der Waals surface area contributed by atoms with E-state index in [0.717, 1.165) is 25.4 Å². The molecular formula is C17H32N2S. The summed E-state index contributed by atoms with van der Waals surface area (Å²) in [7, 11) is 0. The molecule has 1 N–H and O–H groups in total. The van der Waals surface area contributed by atoms with Crippen molar-refractivity contribution in [2.75, 3.05) is 13.1 Å². The lowest BCUT2D eigenvalue weighted by Gasteiger charge is -2.33. The number of nitrogens with one attached hydrogen (secondary N) is 1. The molecule has 2 nitrogen and oxygen atoms in total. The summed E-state index contributed by atoms with van der Waals surface area (Å²) >= 11 is 1.83. The zero-order valence-corrected chi connectivity index (χ0v) is 14.8. The van der Waals surface area contributed by atoms with E-state index in [1.165, 1.54) is 36.4 Å². The first-order chi connectivity index (χ1) is 9.51. The molecule has 0 aliphatic heterocycles. The summed E-state index contributed by atoms with van der Waals surface area (Å²) in [6.45, 7) is 13.5. The van der Waals surface area contributed by atoms with Gasteiger partial charge in [0.25, 0.3) is 0 Å². The maximum absolute atomic E-state index is 4.69. The smallest absolute Gasteiger partial charge is 0.0934 e. The summed E-state index contributed by atoms with van der Waals surface area (Å²) in [6, 6.07) is 0. The number of unbranched alkanes of at least 4 members (excludes halogenated alkanes) is 1. The summed E-state index contributed by atoms with van der Waals surface area (Å²) in [5.41, 5.74) is 1.55. The van der Waals surface area contributed by atoms with Crippen molar-refractivity contribution in [1.29, 1.82) is 0 Å². The number of nitrogens with zero attached hydrogens (tertiary/aromatic N) is 1. The average Bonchev–Trinajstić information content (AvgIpc) is 2.80. The fourth-order valence-electron chi connectivity index (χ4n) is 2.65. The van der Waals surface area contributed by atoms with Crippen LogP contribution in [0.1, 0.15) is 64.1 Å². The topological polar surface area (TPSA) is 24.9 Å². The van der Waals surface area contributed by atoms with Crippen molar-refractivity contribution in [2.24, 2.45) is 11.3 Å². The summed E-state index contributed by atoms with van der Waals surface area (Å²) in [6.07, 6.45) is 6.28. The standard InChI is InChI=1S/C17H32N2S/c1-6-8-9-17(7-2,13-18-11-14(3)4)10-16-19-15(5)12-20-16/h12,14,18H,6-11,13H2,1-5H3. The Labute approximate surface area is 129 Å². The van der Waals surface area contributed by atoms with Gasteiger partial charge in [-0.2, -0.15) is 0 Å². The minimum atomic E-state index is 0.384. The van der Waals surface area contributed by atoms with Crippen LogP contribution in [-0.4, -0.2) is 18.1 Å². The molecule has 1 aromatic heterocycles. The molecule has 0 aromatic carbocycles. The third kappa shape index (κ3) is 5.92. The molecule has 20 heavy (non-hydrogen) atoms. The summed E-state index contributed by atoms with van der Waals surface area (Å²) in [5, 5.41) is 7.18. The molecule has 0 aliphatic carbocycles. The highest BCUT2D eigenvalue weighted by Crippen LogP contribution is 2.33. The lowest BCUT2D eigenvalue weighted by molar-refractivity contribution is 0.226. The maximum Gasteiger partial charge on any atom is 0.0934 e. The lowest BCUT2D eigenvalue weighted by atomic mass is 9.77. The number of rotatable bonds is 10. The highest BCUT2D eigenvalue weighted by atomic mass is 32.1. The Hall–Kier alpha value is -0.410. The Morgan fingerprint density at radius 3 is 2.60 bits per heavy atom. The van der Waals surface area contributed by atoms with Gasteiger partial charge in [-0.05, 0) is 37.6 Å². The zero-order valence-electron chi connectivity index (χ0n) is 14.0. The Morgan fingerprint density at radius 1 is 1.35 bits per heavy atom. The van der Waals surface area contributed by atoms with Gasteiger partial charge in [0.2, 0.25) is 0 Å². The van der Waals surface area contributed by atoms with Crippen molar-refractivity contribution in [3.8, 4) is 0 Å². The van der Waals surface area contributed by atoms with Crippen LogP contribution in [0.4, 0.5) is 0 Å². The van der Waals surface area contributed by atoms with Crippen molar-refractivity contribution in [3.63, 3.8) is 0 Å². The van der Waals surface area contributed by atoms with Crippen LogP contribution in [0, 0.1) is 18.3 Å². The molecule has 0 fully saturated rings. The average molecular weight is 297 g/mol. The predicted octanol–water partition coefficient (Wildman–Crippen LogP) is 4.83. The molecule has 1 unspecified atom stereocenters. The van der Waals surface area contributed by atoms with Crippen molar-refractivity contribution in [1.82, 2.24) is 10.3 Å². The molecule has 0 amide bonds. The Kier molecular flexibility index (Phi) is 7.75. The van der Waals surface area contributed by atoms with Gasteiger partial charge in [0.05, 0.1) is 5.01 Å². The monoisotopic (exact) mass is 296 g/mol. The Bertz CT molecular complexity index is 373. The van der Waals surface area contributed by atoms with Crippen molar-refractivity contribution >= 4 is 11.3 Å². The fourth-order valence-corrected chi connectivity index (χ4v) is 3.59. The van der Waals surface area contributed by atoms with Gasteiger partial charge in [-0.3, -0.25) is 0 Å². The minimum absolute atomic E-state index is 0.384. The second kappa shape index (κ2) is 8.78. The molecule has 3 heteroatoms. The third-order valence-corrected chi connectivity index (χ3v) is 5.02. The predicted molar refractivity (Wildman–Crippen MR) is 90.5 cm³/mol. The second-order valence-corrected chi connectivity index (χ2v) is 7.48. The third-order valence-electron chi connectivity index (χ3n) is 4.06. The van der Waals surface area contributed by atoms with E-state index < -0.39 is 0 Å². The highest BCUT2D eigenvalue weighted by Gasteiger charge is 2.28. The molecule has 1 atom stereocenters. The van der Waals surface area contributed by atoms with Crippen molar-refractivity contribution in [3.05, 3.63) is 16.1 Å². The number of thiazole rings is 1. The van der Waals surface area contributed by atoms with Crippen LogP contribution in [-0.2, 0) is 6.42 Å². The number of hydrogen-bond donors (Lipinski definition) is 1. The molecule has 0 bridgehead atoms. The van der Waals surface area contributed by atoms with Crippen molar-refractivity contribution < 1.29 is 0 Å². The quantitative estimate of drug-likeness (QED) is 0.669. The van der Waals surface area contributed by atoms with E-state index in [9.17, 15) is 0 Å². The summed E-state index contributed by atoms with van der Waals surface area (Å²) < 4.78 is 0. The van der Waals surface area contributed by atoms with Crippen LogP contribution in [0.3, 0.4) is 0 Å². The molecule has 0 spiro atoms. The highest BCUT2D eigenvalue weighted by molar-refractivity contribution is 7.09. The van der Waals surface area contributed by atoms with Crippen LogP contribution in [0.25, 0.3) is 0 Å². The van der Waals surface area contributed by atoms with Crippen LogP contribution < -0.4 is 5.32 Å². The van der Waals surface area contributed by atoms with E-state index in [0.29, 0.717) is 5.41 Å². The fraction of sp³-hybridized carbons (Fsp3) is 0.824. The van der Waals surface area contributed by atoms with Gasteiger partial charge in [-0.15, -0.1) is 11.3 Å². The SMILES string of the molecule is CCCCC(CC)(CNCC(C)C)Cc1nc(C)cs1. The van der Waals surface area contributed by atoms with Crippen LogP contribution in [0.5, 0.6) is 0 Å². The molecule has 1 heterocycles. The first-order valence-electron chi connectivity index (χ1n) is 8.13. The molecule has 0 aliphatic rings. The van der Waals surface area contributed by atoms with E-state index in [2.05, 4.69) is 50.3 Å². The Balaban J connectivity index is 2.69. The van der Waals surface area contributed by atoms with Gasteiger partial charge in [-0.1, -0.05) is 40.5 Å². The normalized spacial score (nSPS) is 14.7. The Morgan fingerprint density at radius 2 is 2.10 bits per heavy atom. The summed E-state index contributed by atoms with van der Waals surface area (Å²) in [5.74, 6) is 0.720. The number of hydrogen-bond acceptors (Lipinski definition) is 3. The molecule has 1 rings (SSSR count).